The topological polar surface area (TPSA) is 61.8 Å². The molecule has 1 aromatic rings. The Hall–Kier alpha value is -1.75. The van der Waals surface area contributed by atoms with Gasteiger partial charge in [0.25, 0.3) is 0 Å². The van der Waals surface area contributed by atoms with Gasteiger partial charge in [0.1, 0.15) is 12.4 Å². The number of hydrogen-bond donors (Lipinski definition) is 2. The highest BCUT2D eigenvalue weighted by molar-refractivity contribution is 5.91. The molecule has 0 spiro atoms. The molecule has 2 heterocycles. The maximum atomic E-state index is 12.1. The number of carbonyl (C=O) groups is 1. The minimum absolute atomic E-state index is 0.199. The van der Waals surface area contributed by atoms with Crippen molar-refractivity contribution in [1.29, 1.82) is 0 Å². The molecule has 20 heavy (non-hydrogen) atoms. The van der Waals surface area contributed by atoms with Crippen molar-refractivity contribution >= 4 is 11.8 Å². The van der Waals surface area contributed by atoms with E-state index in [2.05, 4.69) is 12.2 Å². The number of hydrogen-bond acceptors (Lipinski definition) is 4. The number of ether oxygens (including phenoxy) is 1. The molecule has 2 saturated heterocycles. The van der Waals surface area contributed by atoms with Crippen LogP contribution >= 0.6 is 0 Å². The van der Waals surface area contributed by atoms with Crippen molar-refractivity contribution in [1.82, 2.24) is 5.32 Å². The van der Waals surface area contributed by atoms with Crippen molar-refractivity contribution in [2.24, 2.45) is 5.92 Å². The van der Waals surface area contributed by atoms with Crippen LogP contribution in [-0.4, -0.2) is 36.4 Å². The van der Waals surface area contributed by atoms with E-state index in [4.69, 9.17) is 4.74 Å². The van der Waals surface area contributed by atoms with E-state index in [1.807, 2.05) is 0 Å². The van der Waals surface area contributed by atoms with Gasteiger partial charge in [-0.25, -0.2) is 4.79 Å². The van der Waals surface area contributed by atoms with E-state index in [0.29, 0.717) is 12.5 Å². The molecule has 1 amide bonds. The quantitative estimate of drug-likeness (QED) is 0.868. The van der Waals surface area contributed by atoms with E-state index in [0.717, 1.165) is 31.6 Å². The van der Waals surface area contributed by atoms with Crippen LogP contribution in [0.4, 0.5) is 10.5 Å². The molecule has 1 atom stereocenters. The third-order valence-corrected chi connectivity index (χ3v) is 4.51. The Morgan fingerprint density at radius 1 is 1.30 bits per heavy atom. The van der Waals surface area contributed by atoms with Crippen LogP contribution in [0.2, 0.25) is 0 Å². The molecule has 5 nitrogen and oxygen atoms in total. The SMILES string of the molecule is CC1(C2CCNCC2)COC(=O)N1c1ccc(O)cc1. The van der Waals surface area contributed by atoms with Gasteiger partial charge in [-0.15, -0.1) is 0 Å². The molecule has 1 unspecified atom stereocenters. The predicted octanol–water partition coefficient (Wildman–Crippen LogP) is 2.11. The molecule has 2 N–H and O–H groups in total. The van der Waals surface area contributed by atoms with Gasteiger partial charge < -0.3 is 15.2 Å². The summed E-state index contributed by atoms with van der Waals surface area (Å²) in [5, 5.41) is 12.8. The summed E-state index contributed by atoms with van der Waals surface area (Å²) < 4.78 is 5.32. The first-order valence-electron chi connectivity index (χ1n) is 7.08. The standard InChI is InChI=1S/C15H20N2O3/c1-15(11-6-8-16-9-7-11)10-20-14(19)17(15)12-2-4-13(18)5-3-12/h2-5,11,16,18H,6-10H2,1H3. The number of carbonyl (C=O) groups excluding carboxylic acids is 1. The van der Waals surface area contributed by atoms with Gasteiger partial charge in [-0.05, 0) is 63.0 Å². The van der Waals surface area contributed by atoms with Gasteiger partial charge in [0.05, 0.1) is 5.54 Å². The smallest absolute Gasteiger partial charge is 0.415 e. The summed E-state index contributed by atoms with van der Waals surface area (Å²) in [5.74, 6) is 0.619. The monoisotopic (exact) mass is 276 g/mol. The molecule has 5 heteroatoms. The molecule has 2 aliphatic heterocycles. The van der Waals surface area contributed by atoms with E-state index >= 15 is 0 Å². The molecule has 3 rings (SSSR count). The van der Waals surface area contributed by atoms with Crippen LogP contribution < -0.4 is 10.2 Å². The van der Waals surface area contributed by atoms with Gasteiger partial charge in [0.15, 0.2) is 0 Å². The Labute approximate surface area is 118 Å². The highest BCUT2D eigenvalue weighted by atomic mass is 16.6. The van der Waals surface area contributed by atoms with Crippen molar-refractivity contribution < 1.29 is 14.6 Å². The molecular weight excluding hydrogens is 256 g/mol. The molecule has 0 radical (unpaired) electrons. The number of nitrogens with one attached hydrogen (secondary N) is 1. The van der Waals surface area contributed by atoms with Crippen LogP contribution in [0.3, 0.4) is 0 Å². The molecule has 108 valence electrons. The van der Waals surface area contributed by atoms with E-state index in [9.17, 15) is 9.90 Å². The Morgan fingerprint density at radius 2 is 1.95 bits per heavy atom. The first-order chi connectivity index (χ1) is 9.61. The first kappa shape index (κ1) is 13.2. The van der Waals surface area contributed by atoms with Crippen molar-refractivity contribution in [3.8, 4) is 5.75 Å². The summed E-state index contributed by atoms with van der Waals surface area (Å²) in [4.78, 5) is 13.9. The molecular formula is C15H20N2O3. The Bertz CT molecular complexity index is 496. The maximum absolute atomic E-state index is 12.1. The number of piperidine rings is 1. The van der Waals surface area contributed by atoms with Crippen molar-refractivity contribution in [3.05, 3.63) is 24.3 Å². The van der Waals surface area contributed by atoms with Crippen LogP contribution in [-0.2, 0) is 4.74 Å². The van der Waals surface area contributed by atoms with Crippen molar-refractivity contribution in [2.75, 3.05) is 24.6 Å². The number of aromatic hydroxyl groups is 1. The fourth-order valence-electron chi connectivity index (χ4n) is 3.29. The first-order valence-corrected chi connectivity index (χ1v) is 7.08. The average Bonchev–Trinajstić information content (AvgIpc) is 2.78. The van der Waals surface area contributed by atoms with Crippen LogP contribution in [0, 0.1) is 5.92 Å². The van der Waals surface area contributed by atoms with Crippen LogP contribution in [0.5, 0.6) is 5.75 Å². The molecule has 0 bridgehead atoms. The van der Waals surface area contributed by atoms with E-state index in [1.165, 1.54) is 0 Å². The zero-order valence-electron chi connectivity index (χ0n) is 11.6. The lowest BCUT2D eigenvalue weighted by molar-refractivity contribution is 0.156. The van der Waals surface area contributed by atoms with Gasteiger partial charge >= 0.3 is 6.09 Å². The zero-order chi connectivity index (χ0) is 14.2. The normalized spacial score (nSPS) is 27.6. The Kier molecular flexibility index (Phi) is 3.30. The minimum atomic E-state index is -0.309. The molecule has 2 fully saturated rings. The molecule has 0 aliphatic carbocycles. The number of phenols is 1. The lowest BCUT2D eigenvalue weighted by Gasteiger charge is -2.41. The van der Waals surface area contributed by atoms with Gasteiger partial charge in [-0.1, -0.05) is 0 Å². The van der Waals surface area contributed by atoms with Gasteiger partial charge in [0.2, 0.25) is 0 Å². The molecule has 0 aromatic heterocycles. The largest absolute Gasteiger partial charge is 0.508 e. The van der Waals surface area contributed by atoms with Crippen molar-refractivity contribution in [2.45, 2.75) is 25.3 Å². The molecule has 2 aliphatic rings. The number of anilines is 1. The molecule has 1 aromatic carbocycles. The number of nitrogens with zero attached hydrogens (tertiary/aromatic N) is 1. The van der Waals surface area contributed by atoms with Gasteiger partial charge in [-0.2, -0.15) is 0 Å². The summed E-state index contributed by atoms with van der Waals surface area (Å²) in [6, 6.07) is 6.73. The second-order valence-corrected chi connectivity index (χ2v) is 5.79. The predicted molar refractivity (Wildman–Crippen MR) is 75.9 cm³/mol. The van der Waals surface area contributed by atoms with Crippen molar-refractivity contribution in [3.63, 3.8) is 0 Å². The van der Waals surface area contributed by atoms with E-state index < -0.39 is 0 Å². The lowest BCUT2D eigenvalue weighted by atomic mass is 9.79. The number of rotatable bonds is 2. The summed E-state index contributed by atoms with van der Waals surface area (Å²) in [6.07, 6.45) is 1.79. The third kappa shape index (κ3) is 2.12. The second-order valence-electron chi connectivity index (χ2n) is 5.79. The third-order valence-electron chi connectivity index (χ3n) is 4.51. The second kappa shape index (κ2) is 4.98. The highest BCUT2D eigenvalue weighted by Crippen LogP contribution is 2.39. The fraction of sp³-hybridized carbons (Fsp3) is 0.533. The van der Waals surface area contributed by atoms with E-state index in [-0.39, 0.29) is 17.4 Å². The summed E-state index contributed by atoms with van der Waals surface area (Å²) in [7, 11) is 0. The highest BCUT2D eigenvalue weighted by Gasteiger charge is 2.49. The number of phenolic OH excluding ortho intramolecular Hbond substituents is 1. The summed E-state index contributed by atoms with van der Waals surface area (Å²) in [5.41, 5.74) is 0.474. The number of benzene rings is 1. The minimum Gasteiger partial charge on any atom is -0.508 e. The van der Waals surface area contributed by atoms with Gasteiger partial charge in [-0.3, -0.25) is 4.90 Å². The average molecular weight is 276 g/mol. The lowest BCUT2D eigenvalue weighted by Crippen LogP contribution is -2.53. The number of cyclic esters (lactones) is 1. The maximum Gasteiger partial charge on any atom is 0.415 e. The van der Waals surface area contributed by atoms with E-state index in [1.54, 1.807) is 29.2 Å². The summed E-state index contributed by atoms with van der Waals surface area (Å²) >= 11 is 0. The fourth-order valence-corrected chi connectivity index (χ4v) is 3.29. The summed E-state index contributed by atoms with van der Waals surface area (Å²) in [6.45, 7) is 4.49. The number of amides is 1. The van der Waals surface area contributed by atoms with Crippen LogP contribution in [0.1, 0.15) is 19.8 Å². The van der Waals surface area contributed by atoms with Crippen LogP contribution in [0.25, 0.3) is 0 Å². The Morgan fingerprint density at radius 3 is 2.60 bits per heavy atom. The van der Waals surface area contributed by atoms with Gasteiger partial charge in [0, 0.05) is 5.69 Å². The van der Waals surface area contributed by atoms with Crippen LogP contribution in [0.15, 0.2) is 24.3 Å². The Balaban J connectivity index is 1.92. The zero-order valence-corrected chi connectivity index (χ0v) is 11.6. The molecule has 0 saturated carbocycles.